The van der Waals surface area contributed by atoms with Crippen LogP contribution in [0.15, 0.2) is 34.7 Å². The number of nitrogens with two attached hydrogens (primary N) is 1. The largest absolute Gasteiger partial charge is 0.461 e. The minimum absolute atomic E-state index is 0.111. The van der Waals surface area contributed by atoms with Crippen LogP contribution in [0.3, 0.4) is 0 Å². The molecule has 1 aliphatic rings. The molecule has 1 aromatic heterocycles. The van der Waals surface area contributed by atoms with E-state index in [9.17, 15) is 8.78 Å². The molecule has 0 saturated heterocycles. The SMILES string of the molecule is N[C@H]1C[C@H]1c1ccc(-c2c(F)cccc2F)o1. The van der Waals surface area contributed by atoms with Crippen LogP contribution in [0.4, 0.5) is 8.78 Å². The third-order valence-corrected chi connectivity index (χ3v) is 3.04. The second-order valence-electron chi connectivity index (χ2n) is 4.30. The predicted octanol–water partition coefficient (Wildman–Crippen LogP) is 3.04. The van der Waals surface area contributed by atoms with Gasteiger partial charge in [-0.25, -0.2) is 8.78 Å². The molecule has 0 spiro atoms. The molecule has 1 aromatic carbocycles. The molecule has 2 nitrogen and oxygen atoms in total. The van der Waals surface area contributed by atoms with Gasteiger partial charge in [0.1, 0.15) is 23.2 Å². The van der Waals surface area contributed by atoms with E-state index in [4.69, 9.17) is 10.2 Å². The number of halogens is 2. The van der Waals surface area contributed by atoms with Gasteiger partial charge in [0.05, 0.1) is 5.56 Å². The lowest BCUT2D eigenvalue weighted by atomic mass is 10.1. The zero-order valence-corrected chi connectivity index (χ0v) is 8.99. The summed E-state index contributed by atoms with van der Waals surface area (Å²) in [6, 6.07) is 7.18. The van der Waals surface area contributed by atoms with Gasteiger partial charge in [0.15, 0.2) is 0 Å². The molecule has 4 heteroatoms. The Morgan fingerprint density at radius 3 is 2.35 bits per heavy atom. The second-order valence-corrected chi connectivity index (χ2v) is 4.30. The van der Waals surface area contributed by atoms with Gasteiger partial charge < -0.3 is 10.2 Å². The monoisotopic (exact) mass is 235 g/mol. The smallest absolute Gasteiger partial charge is 0.140 e. The molecule has 0 aliphatic heterocycles. The van der Waals surface area contributed by atoms with Gasteiger partial charge in [0.2, 0.25) is 0 Å². The molecule has 0 amide bonds. The molecular weight excluding hydrogens is 224 g/mol. The van der Waals surface area contributed by atoms with Crippen molar-refractivity contribution in [1.82, 2.24) is 0 Å². The van der Waals surface area contributed by atoms with Crippen molar-refractivity contribution < 1.29 is 13.2 Å². The maximum absolute atomic E-state index is 13.5. The van der Waals surface area contributed by atoms with Crippen LogP contribution in [-0.4, -0.2) is 6.04 Å². The molecule has 2 aromatic rings. The molecule has 1 fully saturated rings. The number of rotatable bonds is 2. The third-order valence-electron chi connectivity index (χ3n) is 3.04. The van der Waals surface area contributed by atoms with Gasteiger partial charge in [0, 0.05) is 12.0 Å². The lowest BCUT2D eigenvalue weighted by Gasteiger charge is -2.01. The van der Waals surface area contributed by atoms with Crippen LogP contribution in [0.5, 0.6) is 0 Å². The maximum atomic E-state index is 13.5. The van der Waals surface area contributed by atoms with E-state index in [0.717, 1.165) is 6.42 Å². The number of furan rings is 1. The zero-order valence-electron chi connectivity index (χ0n) is 8.99. The van der Waals surface area contributed by atoms with Gasteiger partial charge >= 0.3 is 0 Å². The van der Waals surface area contributed by atoms with Crippen LogP contribution in [0.25, 0.3) is 11.3 Å². The standard InChI is InChI=1S/C13H11F2NO/c14-8-2-1-3-9(15)13(8)12-5-4-11(17-12)7-6-10(7)16/h1-5,7,10H,6,16H2/t7-,10+/m1/s1. The van der Waals surface area contributed by atoms with Crippen LogP contribution < -0.4 is 5.73 Å². The molecular formula is C13H11F2NO. The minimum atomic E-state index is -0.619. The first-order chi connectivity index (χ1) is 8.16. The van der Waals surface area contributed by atoms with Crippen molar-refractivity contribution in [3.8, 4) is 11.3 Å². The van der Waals surface area contributed by atoms with Crippen molar-refractivity contribution >= 4 is 0 Å². The van der Waals surface area contributed by atoms with E-state index in [-0.39, 0.29) is 23.3 Å². The number of benzene rings is 1. The average Bonchev–Trinajstić information content (AvgIpc) is 2.83. The number of hydrogen-bond donors (Lipinski definition) is 1. The Hall–Kier alpha value is -1.68. The Kier molecular flexibility index (Phi) is 2.26. The highest BCUT2D eigenvalue weighted by atomic mass is 19.1. The molecule has 1 saturated carbocycles. The van der Waals surface area contributed by atoms with Crippen LogP contribution in [0.1, 0.15) is 18.1 Å². The van der Waals surface area contributed by atoms with E-state index >= 15 is 0 Å². The van der Waals surface area contributed by atoms with Crippen molar-refractivity contribution in [2.75, 3.05) is 0 Å². The van der Waals surface area contributed by atoms with Gasteiger partial charge in [-0.2, -0.15) is 0 Å². The Morgan fingerprint density at radius 2 is 1.76 bits per heavy atom. The highest BCUT2D eigenvalue weighted by Crippen LogP contribution is 2.41. The lowest BCUT2D eigenvalue weighted by molar-refractivity contribution is 0.508. The van der Waals surface area contributed by atoms with Gasteiger partial charge in [-0.15, -0.1) is 0 Å². The van der Waals surface area contributed by atoms with Crippen molar-refractivity contribution in [3.63, 3.8) is 0 Å². The fourth-order valence-electron chi connectivity index (χ4n) is 1.96. The van der Waals surface area contributed by atoms with Crippen LogP contribution in [-0.2, 0) is 0 Å². The zero-order chi connectivity index (χ0) is 12.0. The maximum Gasteiger partial charge on any atom is 0.140 e. The first-order valence-corrected chi connectivity index (χ1v) is 5.46. The highest BCUT2D eigenvalue weighted by Gasteiger charge is 2.37. The normalized spacial score (nSPS) is 22.8. The molecule has 88 valence electrons. The Morgan fingerprint density at radius 1 is 1.12 bits per heavy atom. The summed E-state index contributed by atoms with van der Waals surface area (Å²) in [4.78, 5) is 0. The van der Waals surface area contributed by atoms with Gasteiger partial charge in [0.25, 0.3) is 0 Å². The van der Waals surface area contributed by atoms with E-state index in [1.807, 2.05) is 0 Å². The van der Waals surface area contributed by atoms with Crippen LogP contribution in [0, 0.1) is 11.6 Å². The number of hydrogen-bond acceptors (Lipinski definition) is 2. The third kappa shape index (κ3) is 1.74. The van der Waals surface area contributed by atoms with Crippen molar-refractivity contribution in [2.24, 2.45) is 5.73 Å². The van der Waals surface area contributed by atoms with E-state index in [1.165, 1.54) is 18.2 Å². The van der Waals surface area contributed by atoms with E-state index in [0.29, 0.717) is 5.76 Å². The summed E-state index contributed by atoms with van der Waals surface area (Å²) < 4.78 is 32.5. The Bertz CT molecular complexity index is 544. The first-order valence-electron chi connectivity index (χ1n) is 5.46. The van der Waals surface area contributed by atoms with E-state index in [2.05, 4.69) is 0 Å². The van der Waals surface area contributed by atoms with E-state index in [1.54, 1.807) is 12.1 Å². The average molecular weight is 235 g/mol. The first kappa shape index (κ1) is 10.5. The minimum Gasteiger partial charge on any atom is -0.461 e. The summed E-state index contributed by atoms with van der Waals surface area (Å²) in [6.07, 6.45) is 0.868. The summed E-state index contributed by atoms with van der Waals surface area (Å²) in [5, 5.41) is 0. The predicted molar refractivity (Wildman–Crippen MR) is 59.4 cm³/mol. The van der Waals surface area contributed by atoms with E-state index < -0.39 is 11.6 Å². The lowest BCUT2D eigenvalue weighted by Crippen LogP contribution is -2.00. The summed E-state index contributed by atoms with van der Waals surface area (Å²) in [5.41, 5.74) is 5.58. The van der Waals surface area contributed by atoms with Crippen molar-refractivity contribution in [3.05, 3.63) is 47.7 Å². The molecule has 2 atom stereocenters. The quantitative estimate of drug-likeness (QED) is 0.868. The molecule has 2 N–H and O–H groups in total. The molecule has 1 aliphatic carbocycles. The van der Waals surface area contributed by atoms with Crippen LogP contribution >= 0.6 is 0 Å². The Labute approximate surface area is 97.0 Å². The summed E-state index contributed by atoms with van der Waals surface area (Å²) in [7, 11) is 0. The van der Waals surface area contributed by atoms with Gasteiger partial charge in [-0.1, -0.05) is 6.07 Å². The van der Waals surface area contributed by atoms with Crippen molar-refractivity contribution in [2.45, 2.75) is 18.4 Å². The molecule has 0 unspecified atom stereocenters. The summed E-state index contributed by atoms with van der Waals surface area (Å²) in [5.74, 6) is -0.125. The Balaban J connectivity index is 2.01. The molecule has 1 heterocycles. The molecule has 17 heavy (non-hydrogen) atoms. The molecule has 0 bridgehead atoms. The molecule has 3 rings (SSSR count). The second kappa shape index (κ2) is 3.67. The summed E-state index contributed by atoms with van der Waals surface area (Å²) in [6.45, 7) is 0. The fraction of sp³-hybridized carbons (Fsp3) is 0.231. The van der Waals surface area contributed by atoms with Gasteiger partial charge in [-0.05, 0) is 30.7 Å². The molecule has 0 radical (unpaired) electrons. The van der Waals surface area contributed by atoms with Crippen LogP contribution in [0.2, 0.25) is 0 Å². The summed E-state index contributed by atoms with van der Waals surface area (Å²) >= 11 is 0. The highest BCUT2D eigenvalue weighted by molar-refractivity contribution is 5.59. The topological polar surface area (TPSA) is 39.2 Å². The fourth-order valence-corrected chi connectivity index (χ4v) is 1.96. The van der Waals surface area contributed by atoms with Crippen molar-refractivity contribution in [1.29, 1.82) is 0 Å². The van der Waals surface area contributed by atoms with Gasteiger partial charge in [-0.3, -0.25) is 0 Å².